The maximum atomic E-state index is 13.0. The molecule has 0 saturated heterocycles. The zero-order chi connectivity index (χ0) is 22.6. The number of hydrogen-bond donors (Lipinski definition) is 1. The second-order valence-electron chi connectivity index (χ2n) is 7.15. The SMILES string of the molecule is CCOC(=O)[C@H](Cc1ccccc1)NC(=O)N(CC(C)C)CP(=O)(OCC)OCC. The summed E-state index contributed by atoms with van der Waals surface area (Å²) < 4.78 is 28.8. The van der Waals surface area contributed by atoms with Crippen molar-refractivity contribution in [3.05, 3.63) is 35.9 Å². The lowest BCUT2D eigenvalue weighted by atomic mass is 10.1. The Hall–Kier alpha value is -1.89. The largest absolute Gasteiger partial charge is 0.464 e. The molecule has 1 aromatic rings. The third-order valence-corrected chi connectivity index (χ3v) is 6.01. The van der Waals surface area contributed by atoms with E-state index < -0.39 is 25.6 Å². The lowest BCUT2D eigenvalue weighted by Crippen LogP contribution is -2.50. The average molecular weight is 442 g/mol. The minimum atomic E-state index is -3.48. The van der Waals surface area contributed by atoms with Crippen molar-refractivity contribution >= 4 is 19.6 Å². The van der Waals surface area contributed by atoms with E-state index in [1.54, 1.807) is 20.8 Å². The van der Waals surface area contributed by atoms with Gasteiger partial charge in [0.15, 0.2) is 0 Å². The van der Waals surface area contributed by atoms with Crippen LogP contribution in [0.25, 0.3) is 0 Å². The van der Waals surface area contributed by atoms with Crippen LogP contribution in [-0.4, -0.2) is 55.6 Å². The zero-order valence-electron chi connectivity index (χ0n) is 18.6. The minimum absolute atomic E-state index is 0.114. The molecule has 0 aliphatic rings. The molecular weight excluding hydrogens is 407 g/mol. The molecule has 1 N–H and O–H groups in total. The van der Waals surface area contributed by atoms with Crippen molar-refractivity contribution in [2.45, 2.75) is 47.1 Å². The van der Waals surface area contributed by atoms with Crippen molar-refractivity contribution < 1.29 is 27.9 Å². The minimum Gasteiger partial charge on any atom is -0.464 e. The lowest BCUT2D eigenvalue weighted by molar-refractivity contribution is -0.145. The van der Waals surface area contributed by atoms with E-state index in [9.17, 15) is 14.2 Å². The number of amides is 2. The van der Waals surface area contributed by atoms with Gasteiger partial charge in [-0.25, -0.2) is 9.59 Å². The Morgan fingerprint density at radius 1 is 1.03 bits per heavy atom. The van der Waals surface area contributed by atoms with E-state index in [-0.39, 0.29) is 38.4 Å². The number of carbonyl (C=O) groups is 2. The number of nitrogens with zero attached hydrogens (tertiary/aromatic N) is 1. The van der Waals surface area contributed by atoms with Gasteiger partial charge in [0, 0.05) is 13.0 Å². The van der Waals surface area contributed by atoms with Crippen molar-refractivity contribution in [1.82, 2.24) is 10.2 Å². The van der Waals surface area contributed by atoms with E-state index in [0.29, 0.717) is 6.54 Å². The molecule has 1 rings (SSSR count). The van der Waals surface area contributed by atoms with Gasteiger partial charge in [-0.15, -0.1) is 0 Å². The van der Waals surface area contributed by atoms with Gasteiger partial charge in [0.1, 0.15) is 12.3 Å². The summed E-state index contributed by atoms with van der Waals surface area (Å²) in [4.78, 5) is 26.9. The Kier molecular flexibility index (Phi) is 11.7. The highest BCUT2D eigenvalue weighted by atomic mass is 31.2. The number of rotatable bonds is 13. The van der Waals surface area contributed by atoms with Crippen LogP contribution in [0.5, 0.6) is 0 Å². The molecule has 170 valence electrons. The molecule has 9 heteroatoms. The van der Waals surface area contributed by atoms with Gasteiger partial charge in [-0.05, 0) is 32.3 Å². The van der Waals surface area contributed by atoms with Crippen LogP contribution in [0.2, 0.25) is 0 Å². The van der Waals surface area contributed by atoms with Gasteiger partial charge in [-0.2, -0.15) is 0 Å². The standard InChI is InChI=1S/C21H35N2O6P/c1-6-27-20(24)19(14-18-12-10-9-11-13-18)22-21(25)23(15-17(4)5)16-30(26,28-7-2)29-8-3/h9-13,17,19H,6-8,14-16H2,1-5H3,(H,22,25)/t19-/m0/s1. The lowest BCUT2D eigenvalue weighted by Gasteiger charge is -2.30. The van der Waals surface area contributed by atoms with Crippen LogP contribution >= 0.6 is 7.60 Å². The van der Waals surface area contributed by atoms with Crippen LogP contribution in [0, 0.1) is 5.92 Å². The maximum absolute atomic E-state index is 13.0. The third-order valence-electron chi connectivity index (χ3n) is 4.02. The van der Waals surface area contributed by atoms with Gasteiger partial charge >= 0.3 is 19.6 Å². The molecule has 1 atom stereocenters. The van der Waals surface area contributed by atoms with Crippen LogP contribution in [0.4, 0.5) is 4.79 Å². The normalized spacial score (nSPS) is 12.5. The van der Waals surface area contributed by atoms with Gasteiger partial charge in [0.05, 0.1) is 19.8 Å². The average Bonchev–Trinajstić information content (AvgIpc) is 2.68. The first kappa shape index (κ1) is 26.1. The Balaban J connectivity index is 3.02. The summed E-state index contributed by atoms with van der Waals surface area (Å²) in [6.07, 6.45) is 0.0923. The number of ether oxygens (including phenoxy) is 1. The molecule has 0 aliphatic heterocycles. The molecule has 0 aromatic heterocycles. The molecule has 0 spiro atoms. The summed E-state index contributed by atoms with van der Waals surface area (Å²) in [5, 5.41) is 2.74. The second kappa shape index (κ2) is 13.4. The summed E-state index contributed by atoms with van der Waals surface area (Å²) in [5.41, 5.74) is 0.889. The van der Waals surface area contributed by atoms with Gasteiger partial charge in [0.25, 0.3) is 0 Å². The summed E-state index contributed by atoms with van der Waals surface area (Å²) in [7, 11) is -3.48. The molecule has 8 nitrogen and oxygen atoms in total. The highest BCUT2D eigenvalue weighted by molar-refractivity contribution is 7.53. The van der Waals surface area contributed by atoms with Gasteiger partial charge in [0.2, 0.25) is 0 Å². The number of esters is 1. The Morgan fingerprint density at radius 2 is 1.63 bits per heavy atom. The number of benzene rings is 1. The maximum Gasteiger partial charge on any atom is 0.349 e. The highest BCUT2D eigenvalue weighted by Gasteiger charge is 2.32. The summed E-state index contributed by atoms with van der Waals surface area (Å²) in [6, 6.07) is 7.98. The fraction of sp³-hybridized carbons (Fsp3) is 0.619. The van der Waals surface area contributed by atoms with E-state index in [1.165, 1.54) is 4.90 Å². The van der Waals surface area contributed by atoms with Gasteiger partial charge in [-0.1, -0.05) is 44.2 Å². The fourth-order valence-corrected chi connectivity index (χ4v) is 4.58. The molecule has 0 radical (unpaired) electrons. The first-order valence-corrected chi connectivity index (χ1v) is 12.1. The molecule has 0 saturated carbocycles. The van der Waals surface area contributed by atoms with Crippen molar-refractivity contribution in [3.8, 4) is 0 Å². The molecular formula is C21H35N2O6P. The smallest absolute Gasteiger partial charge is 0.349 e. The van der Waals surface area contributed by atoms with Crippen LogP contribution in [0.15, 0.2) is 30.3 Å². The second-order valence-corrected chi connectivity index (χ2v) is 9.17. The number of hydrogen-bond acceptors (Lipinski definition) is 6. The molecule has 2 amide bonds. The van der Waals surface area contributed by atoms with Crippen molar-refractivity contribution in [2.24, 2.45) is 5.92 Å². The molecule has 0 aliphatic carbocycles. The molecule has 0 heterocycles. The van der Waals surface area contributed by atoms with Crippen molar-refractivity contribution in [2.75, 3.05) is 32.7 Å². The summed E-state index contributed by atoms with van der Waals surface area (Å²) in [6.45, 7) is 9.98. The van der Waals surface area contributed by atoms with E-state index >= 15 is 0 Å². The Bertz CT molecular complexity index is 688. The summed E-state index contributed by atoms with van der Waals surface area (Å²) >= 11 is 0. The first-order valence-electron chi connectivity index (χ1n) is 10.4. The predicted octanol–water partition coefficient (Wildman–Crippen LogP) is 4.05. The predicted molar refractivity (Wildman–Crippen MR) is 116 cm³/mol. The van der Waals surface area contributed by atoms with E-state index in [0.717, 1.165) is 5.56 Å². The van der Waals surface area contributed by atoms with Gasteiger partial charge in [-0.3, -0.25) is 4.57 Å². The van der Waals surface area contributed by atoms with E-state index in [4.69, 9.17) is 13.8 Å². The quantitative estimate of drug-likeness (QED) is 0.366. The Morgan fingerprint density at radius 3 is 2.13 bits per heavy atom. The number of nitrogens with one attached hydrogen (secondary N) is 1. The highest BCUT2D eigenvalue weighted by Crippen LogP contribution is 2.48. The van der Waals surface area contributed by atoms with Crippen molar-refractivity contribution in [3.63, 3.8) is 0 Å². The van der Waals surface area contributed by atoms with Crippen LogP contribution < -0.4 is 5.32 Å². The monoisotopic (exact) mass is 442 g/mol. The zero-order valence-corrected chi connectivity index (χ0v) is 19.5. The first-order chi connectivity index (χ1) is 14.2. The Labute approximate surface area is 179 Å². The molecule has 0 fully saturated rings. The number of urea groups is 1. The molecule has 0 bridgehead atoms. The van der Waals surface area contributed by atoms with Gasteiger partial charge < -0.3 is 24.0 Å². The van der Waals surface area contributed by atoms with E-state index in [1.807, 2.05) is 44.2 Å². The van der Waals surface area contributed by atoms with Crippen LogP contribution in [0.3, 0.4) is 0 Å². The van der Waals surface area contributed by atoms with Crippen LogP contribution in [-0.2, 0) is 29.6 Å². The van der Waals surface area contributed by atoms with E-state index in [2.05, 4.69) is 5.32 Å². The fourth-order valence-electron chi connectivity index (χ4n) is 2.89. The van der Waals surface area contributed by atoms with Crippen molar-refractivity contribution in [1.29, 1.82) is 0 Å². The molecule has 0 unspecified atom stereocenters. The molecule has 30 heavy (non-hydrogen) atoms. The molecule has 1 aromatic carbocycles. The number of carbonyl (C=O) groups excluding carboxylic acids is 2. The van der Waals surface area contributed by atoms with Crippen LogP contribution in [0.1, 0.15) is 40.2 Å². The summed E-state index contributed by atoms with van der Waals surface area (Å²) in [5.74, 6) is -0.403. The third kappa shape index (κ3) is 9.28. The topological polar surface area (TPSA) is 94.2 Å².